The lowest BCUT2D eigenvalue weighted by Gasteiger charge is -2.30. The Morgan fingerprint density at radius 1 is 1.10 bits per heavy atom. The number of nitrogens with zero attached hydrogens (tertiary/aromatic N) is 2. The zero-order valence-corrected chi connectivity index (χ0v) is 16.2. The summed E-state index contributed by atoms with van der Waals surface area (Å²) in [4.78, 5) is 38.7. The average molecular weight is 407 g/mol. The standard InChI is InChI=1S/C22H21N3O5/c26-18-13-17-22(28)24(9-8-23-21(27)19-7-4-12-29-19)10-11-25(17)14-20(18)30-15-16-5-2-1-3-6-16/h1-7,12-14H,8-11,15H2,(H,23,27). The number of carbonyl (C=O) groups excluding carboxylic acids is 2. The van der Waals surface area contributed by atoms with Gasteiger partial charge in [0.25, 0.3) is 11.8 Å². The summed E-state index contributed by atoms with van der Waals surface area (Å²) in [7, 11) is 0. The molecule has 30 heavy (non-hydrogen) atoms. The van der Waals surface area contributed by atoms with Crippen molar-refractivity contribution in [2.75, 3.05) is 19.6 Å². The molecule has 0 bridgehead atoms. The van der Waals surface area contributed by atoms with Crippen LogP contribution in [0.3, 0.4) is 0 Å². The van der Waals surface area contributed by atoms with E-state index in [0.717, 1.165) is 5.56 Å². The number of nitrogens with one attached hydrogen (secondary N) is 1. The molecule has 0 aliphatic carbocycles. The fourth-order valence-electron chi connectivity index (χ4n) is 3.27. The summed E-state index contributed by atoms with van der Waals surface area (Å²) in [5, 5.41) is 2.71. The first kappa shape index (κ1) is 19.5. The van der Waals surface area contributed by atoms with E-state index in [4.69, 9.17) is 9.15 Å². The van der Waals surface area contributed by atoms with Crippen LogP contribution < -0.4 is 15.5 Å². The van der Waals surface area contributed by atoms with Crippen LogP contribution in [0.4, 0.5) is 0 Å². The van der Waals surface area contributed by atoms with Crippen LogP contribution in [0.25, 0.3) is 0 Å². The number of rotatable bonds is 7. The van der Waals surface area contributed by atoms with Crippen molar-refractivity contribution < 1.29 is 18.7 Å². The molecule has 0 atom stereocenters. The fraction of sp³-hybridized carbons (Fsp3) is 0.227. The quantitative estimate of drug-likeness (QED) is 0.646. The van der Waals surface area contributed by atoms with Crippen molar-refractivity contribution in [3.63, 3.8) is 0 Å². The van der Waals surface area contributed by atoms with Gasteiger partial charge in [0.15, 0.2) is 11.5 Å². The Morgan fingerprint density at radius 3 is 2.70 bits per heavy atom. The van der Waals surface area contributed by atoms with E-state index in [-0.39, 0.29) is 41.9 Å². The topological polar surface area (TPSA) is 93.8 Å². The second-order valence-electron chi connectivity index (χ2n) is 6.88. The second kappa shape index (κ2) is 8.69. The molecule has 0 unspecified atom stereocenters. The van der Waals surface area contributed by atoms with E-state index < -0.39 is 0 Å². The minimum absolute atomic E-state index is 0.217. The first-order chi connectivity index (χ1) is 14.6. The predicted octanol–water partition coefficient (Wildman–Crippen LogP) is 1.91. The highest BCUT2D eigenvalue weighted by Crippen LogP contribution is 2.15. The SMILES string of the molecule is O=C(NCCN1CCn2cc(OCc3ccccc3)c(=O)cc2C1=O)c1ccco1. The number of pyridine rings is 1. The Bertz CT molecular complexity index is 1090. The van der Waals surface area contributed by atoms with E-state index in [9.17, 15) is 14.4 Å². The molecule has 8 heteroatoms. The average Bonchev–Trinajstić information content (AvgIpc) is 3.30. The van der Waals surface area contributed by atoms with Crippen molar-refractivity contribution in [3.05, 3.63) is 88.2 Å². The zero-order chi connectivity index (χ0) is 20.9. The van der Waals surface area contributed by atoms with Crippen molar-refractivity contribution >= 4 is 11.8 Å². The van der Waals surface area contributed by atoms with Crippen LogP contribution in [-0.4, -0.2) is 40.9 Å². The molecule has 2 aromatic heterocycles. The van der Waals surface area contributed by atoms with E-state index >= 15 is 0 Å². The number of benzene rings is 1. The molecule has 2 amide bonds. The van der Waals surface area contributed by atoms with Crippen LogP contribution in [0, 0.1) is 0 Å². The van der Waals surface area contributed by atoms with E-state index in [1.807, 2.05) is 30.3 Å². The molecule has 1 aliphatic rings. The van der Waals surface area contributed by atoms with Gasteiger partial charge in [-0.15, -0.1) is 0 Å². The number of furan rings is 1. The van der Waals surface area contributed by atoms with Gasteiger partial charge in [0.2, 0.25) is 5.43 Å². The highest BCUT2D eigenvalue weighted by atomic mass is 16.5. The smallest absolute Gasteiger partial charge is 0.287 e. The van der Waals surface area contributed by atoms with Gasteiger partial charge in [-0.1, -0.05) is 30.3 Å². The Morgan fingerprint density at radius 2 is 1.93 bits per heavy atom. The molecule has 0 saturated carbocycles. The molecular formula is C22H21N3O5. The summed E-state index contributed by atoms with van der Waals surface area (Å²) >= 11 is 0. The number of hydrogen-bond donors (Lipinski definition) is 1. The van der Waals surface area contributed by atoms with E-state index in [1.54, 1.807) is 27.8 Å². The number of carbonyl (C=O) groups is 2. The molecule has 0 radical (unpaired) electrons. The maximum Gasteiger partial charge on any atom is 0.287 e. The molecule has 0 saturated heterocycles. The monoisotopic (exact) mass is 407 g/mol. The molecule has 0 fully saturated rings. The lowest BCUT2D eigenvalue weighted by Crippen LogP contribution is -2.45. The Kier molecular flexibility index (Phi) is 5.65. The van der Waals surface area contributed by atoms with Crippen LogP contribution in [0.5, 0.6) is 5.75 Å². The Labute approximate surface area is 172 Å². The number of hydrogen-bond acceptors (Lipinski definition) is 5. The summed E-state index contributed by atoms with van der Waals surface area (Å²) < 4.78 is 12.4. The van der Waals surface area contributed by atoms with Crippen LogP contribution in [-0.2, 0) is 13.2 Å². The lowest BCUT2D eigenvalue weighted by atomic mass is 10.2. The van der Waals surface area contributed by atoms with Crippen LogP contribution in [0.15, 0.2) is 70.2 Å². The molecule has 4 rings (SSSR count). The minimum atomic E-state index is -0.335. The van der Waals surface area contributed by atoms with Crippen molar-refractivity contribution in [1.29, 1.82) is 0 Å². The predicted molar refractivity (Wildman–Crippen MR) is 108 cm³/mol. The van der Waals surface area contributed by atoms with Gasteiger partial charge in [0.1, 0.15) is 12.3 Å². The van der Waals surface area contributed by atoms with Gasteiger partial charge in [-0.3, -0.25) is 14.4 Å². The van der Waals surface area contributed by atoms with Gasteiger partial charge < -0.3 is 23.9 Å². The van der Waals surface area contributed by atoms with Crippen molar-refractivity contribution in [2.45, 2.75) is 13.2 Å². The van der Waals surface area contributed by atoms with Crippen molar-refractivity contribution in [1.82, 2.24) is 14.8 Å². The Balaban J connectivity index is 1.37. The summed E-state index contributed by atoms with van der Waals surface area (Å²) in [5.41, 5.74) is 0.938. The molecule has 1 aliphatic heterocycles. The van der Waals surface area contributed by atoms with Crippen LogP contribution >= 0.6 is 0 Å². The van der Waals surface area contributed by atoms with Gasteiger partial charge in [0, 0.05) is 32.2 Å². The number of aromatic nitrogens is 1. The maximum atomic E-state index is 12.8. The first-order valence-corrected chi connectivity index (χ1v) is 9.64. The zero-order valence-electron chi connectivity index (χ0n) is 16.2. The summed E-state index contributed by atoms with van der Waals surface area (Å²) in [6, 6.07) is 14.1. The number of ether oxygens (including phenoxy) is 1. The van der Waals surface area contributed by atoms with Gasteiger partial charge in [-0.05, 0) is 17.7 Å². The minimum Gasteiger partial charge on any atom is -0.483 e. The van der Waals surface area contributed by atoms with Gasteiger partial charge in [0.05, 0.1) is 12.5 Å². The largest absolute Gasteiger partial charge is 0.483 e. The molecular weight excluding hydrogens is 386 g/mol. The van der Waals surface area contributed by atoms with Crippen molar-refractivity contribution in [2.24, 2.45) is 0 Å². The van der Waals surface area contributed by atoms with Gasteiger partial charge in [-0.2, -0.15) is 0 Å². The number of amides is 2. The van der Waals surface area contributed by atoms with Gasteiger partial charge in [-0.25, -0.2) is 0 Å². The molecule has 1 N–H and O–H groups in total. The third-order valence-electron chi connectivity index (χ3n) is 4.86. The molecule has 154 valence electrons. The lowest BCUT2D eigenvalue weighted by molar-refractivity contribution is 0.0695. The number of fused-ring (bicyclic) bond motifs is 1. The first-order valence-electron chi connectivity index (χ1n) is 9.64. The summed E-state index contributed by atoms with van der Waals surface area (Å²) in [6.07, 6.45) is 3.02. The Hall–Kier alpha value is -3.81. The van der Waals surface area contributed by atoms with Crippen LogP contribution in [0.1, 0.15) is 26.6 Å². The van der Waals surface area contributed by atoms with E-state index in [0.29, 0.717) is 25.3 Å². The third-order valence-corrected chi connectivity index (χ3v) is 4.86. The highest BCUT2D eigenvalue weighted by Gasteiger charge is 2.25. The second-order valence-corrected chi connectivity index (χ2v) is 6.88. The van der Waals surface area contributed by atoms with E-state index in [2.05, 4.69) is 5.32 Å². The molecule has 1 aromatic carbocycles. The molecule has 3 heterocycles. The highest BCUT2D eigenvalue weighted by molar-refractivity contribution is 5.93. The molecule has 3 aromatic rings. The van der Waals surface area contributed by atoms with Crippen LogP contribution in [0.2, 0.25) is 0 Å². The summed E-state index contributed by atoms with van der Waals surface area (Å²) in [5.74, 6) is -0.143. The molecule has 8 nitrogen and oxygen atoms in total. The maximum absolute atomic E-state index is 12.8. The fourth-order valence-corrected chi connectivity index (χ4v) is 3.27. The molecule has 0 spiro atoms. The van der Waals surface area contributed by atoms with Gasteiger partial charge >= 0.3 is 0 Å². The third kappa shape index (κ3) is 4.27. The van der Waals surface area contributed by atoms with Crippen molar-refractivity contribution in [3.8, 4) is 5.75 Å². The van der Waals surface area contributed by atoms with E-state index in [1.165, 1.54) is 12.3 Å². The summed E-state index contributed by atoms with van der Waals surface area (Å²) in [6.45, 7) is 1.92. The normalized spacial score (nSPS) is 13.1.